The van der Waals surface area contributed by atoms with Crippen LogP contribution < -0.4 is 6.15 Å². The van der Waals surface area contributed by atoms with E-state index in [1.165, 1.54) is 19.1 Å². The standard InChI is InChI=1S/C8H7F3.H3N/c1-6-4-2-3-5-7(6)8(9,10)11;/h2-5H,1H3;1H3. The van der Waals surface area contributed by atoms with Crippen LogP contribution in [0, 0.1) is 6.92 Å². The van der Waals surface area contributed by atoms with Crippen molar-refractivity contribution in [1.82, 2.24) is 6.15 Å². The lowest BCUT2D eigenvalue weighted by Crippen LogP contribution is -2.06. The molecule has 68 valence electrons. The molecule has 0 aliphatic carbocycles. The largest absolute Gasteiger partial charge is 0.416 e. The average molecular weight is 177 g/mol. The van der Waals surface area contributed by atoms with E-state index >= 15 is 0 Å². The summed E-state index contributed by atoms with van der Waals surface area (Å²) in [6.45, 7) is 1.45. The highest BCUT2D eigenvalue weighted by Gasteiger charge is 2.31. The second kappa shape index (κ2) is 3.58. The van der Waals surface area contributed by atoms with Crippen molar-refractivity contribution < 1.29 is 13.2 Å². The average Bonchev–Trinajstić information content (AvgIpc) is 1.86. The van der Waals surface area contributed by atoms with Crippen LogP contribution in [-0.4, -0.2) is 0 Å². The number of alkyl halides is 3. The van der Waals surface area contributed by atoms with Crippen LogP contribution in [0.25, 0.3) is 0 Å². The SMILES string of the molecule is Cc1ccccc1C(F)(F)F.N. The van der Waals surface area contributed by atoms with Gasteiger partial charge in [-0.05, 0) is 18.6 Å². The molecule has 0 unspecified atom stereocenters. The van der Waals surface area contributed by atoms with Crippen molar-refractivity contribution in [2.75, 3.05) is 0 Å². The fourth-order valence-electron chi connectivity index (χ4n) is 0.891. The van der Waals surface area contributed by atoms with Gasteiger partial charge in [-0.1, -0.05) is 18.2 Å². The molecule has 3 N–H and O–H groups in total. The van der Waals surface area contributed by atoms with Crippen LogP contribution in [-0.2, 0) is 6.18 Å². The van der Waals surface area contributed by atoms with E-state index in [0.717, 1.165) is 6.07 Å². The molecule has 1 aromatic carbocycles. The lowest BCUT2D eigenvalue weighted by atomic mass is 10.1. The van der Waals surface area contributed by atoms with Gasteiger partial charge in [-0.15, -0.1) is 0 Å². The predicted molar refractivity (Wildman–Crippen MR) is 41.2 cm³/mol. The molecule has 0 saturated carbocycles. The maximum absolute atomic E-state index is 12.0. The Labute approximate surface area is 68.8 Å². The molecule has 0 aliphatic rings. The molecular formula is C8H10F3N. The van der Waals surface area contributed by atoms with E-state index in [0.29, 0.717) is 0 Å². The van der Waals surface area contributed by atoms with Gasteiger partial charge in [-0.2, -0.15) is 13.2 Å². The van der Waals surface area contributed by atoms with Gasteiger partial charge in [0.05, 0.1) is 5.56 Å². The first kappa shape index (κ1) is 11.0. The van der Waals surface area contributed by atoms with Crippen LogP contribution in [0.2, 0.25) is 0 Å². The normalized spacial score (nSPS) is 10.7. The molecule has 0 heterocycles. The Balaban J connectivity index is 0.00000121. The van der Waals surface area contributed by atoms with Gasteiger partial charge in [-0.25, -0.2) is 0 Å². The lowest BCUT2D eigenvalue weighted by Gasteiger charge is -2.08. The van der Waals surface area contributed by atoms with Crippen molar-refractivity contribution in [1.29, 1.82) is 0 Å². The maximum Gasteiger partial charge on any atom is 0.416 e. The monoisotopic (exact) mass is 177 g/mol. The number of aryl methyl sites for hydroxylation is 1. The van der Waals surface area contributed by atoms with E-state index in [4.69, 9.17) is 0 Å². The van der Waals surface area contributed by atoms with Crippen molar-refractivity contribution in [2.24, 2.45) is 0 Å². The summed E-state index contributed by atoms with van der Waals surface area (Å²) in [7, 11) is 0. The zero-order valence-corrected chi connectivity index (χ0v) is 6.65. The molecule has 12 heavy (non-hydrogen) atoms. The summed E-state index contributed by atoms with van der Waals surface area (Å²) in [5.41, 5.74) is -0.292. The fourth-order valence-corrected chi connectivity index (χ4v) is 0.891. The van der Waals surface area contributed by atoms with Gasteiger partial charge >= 0.3 is 6.18 Å². The van der Waals surface area contributed by atoms with Crippen LogP contribution in [0.15, 0.2) is 24.3 Å². The van der Waals surface area contributed by atoms with Crippen molar-refractivity contribution >= 4 is 0 Å². The molecule has 0 fully saturated rings. The van der Waals surface area contributed by atoms with Gasteiger partial charge in [0, 0.05) is 0 Å². The van der Waals surface area contributed by atoms with Gasteiger partial charge in [0.1, 0.15) is 0 Å². The minimum absolute atomic E-state index is 0. The van der Waals surface area contributed by atoms with Crippen molar-refractivity contribution in [3.8, 4) is 0 Å². The van der Waals surface area contributed by atoms with Crippen molar-refractivity contribution in [3.05, 3.63) is 35.4 Å². The maximum atomic E-state index is 12.0. The Bertz CT molecular complexity index is 255. The lowest BCUT2D eigenvalue weighted by molar-refractivity contribution is -0.138. The highest BCUT2D eigenvalue weighted by atomic mass is 19.4. The zero-order valence-electron chi connectivity index (χ0n) is 6.65. The third kappa shape index (κ3) is 2.23. The van der Waals surface area contributed by atoms with Gasteiger partial charge in [0.2, 0.25) is 0 Å². The van der Waals surface area contributed by atoms with Gasteiger partial charge in [-0.3, -0.25) is 0 Å². The summed E-state index contributed by atoms with van der Waals surface area (Å²) in [5, 5.41) is 0. The molecular weight excluding hydrogens is 167 g/mol. The molecule has 0 radical (unpaired) electrons. The minimum atomic E-state index is -4.22. The van der Waals surface area contributed by atoms with Crippen LogP contribution in [0.5, 0.6) is 0 Å². The van der Waals surface area contributed by atoms with E-state index in [2.05, 4.69) is 0 Å². The molecule has 0 atom stereocenters. The number of rotatable bonds is 0. The van der Waals surface area contributed by atoms with E-state index in [-0.39, 0.29) is 11.7 Å². The Kier molecular flexibility index (Phi) is 3.27. The quantitative estimate of drug-likeness (QED) is 0.648. The first-order valence-electron chi connectivity index (χ1n) is 3.14. The van der Waals surface area contributed by atoms with Crippen molar-refractivity contribution in [2.45, 2.75) is 13.1 Å². The summed E-state index contributed by atoms with van der Waals surface area (Å²) in [5.74, 6) is 0. The molecule has 0 aromatic heterocycles. The van der Waals surface area contributed by atoms with Crippen molar-refractivity contribution in [3.63, 3.8) is 0 Å². The Morgan fingerprint density at radius 2 is 1.58 bits per heavy atom. The van der Waals surface area contributed by atoms with Crippen LogP contribution in [0.3, 0.4) is 0 Å². The minimum Gasteiger partial charge on any atom is -0.344 e. The van der Waals surface area contributed by atoms with E-state index in [1.807, 2.05) is 0 Å². The third-order valence-corrected chi connectivity index (χ3v) is 1.45. The topological polar surface area (TPSA) is 35.0 Å². The number of hydrogen-bond donors (Lipinski definition) is 1. The molecule has 0 bridgehead atoms. The number of halogens is 3. The molecule has 0 saturated heterocycles. The van der Waals surface area contributed by atoms with Gasteiger partial charge in [0.25, 0.3) is 0 Å². The Morgan fingerprint density at radius 1 is 1.08 bits per heavy atom. The van der Waals surface area contributed by atoms with Crippen LogP contribution in [0.1, 0.15) is 11.1 Å². The Morgan fingerprint density at radius 3 is 1.92 bits per heavy atom. The highest BCUT2D eigenvalue weighted by molar-refractivity contribution is 5.27. The molecule has 0 amide bonds. The first-order chi connectivity index (χ1) is 5.02. The van der Waals surface area contributed by atoms with E-state index in [1.54, 1.807) is 6.07 Å². The second-order valence-electron chi connectivity index (χ2n) is 2.31. The third-order valence-electron chi connectivity index (χ3n) is 1.45. The highest BCUT2D eigenvalue weighted by Crippen LogP contribution is 2.31. The molecule has 1 aromatic rings. The smallest absolute Gasteiger partial charge is 0.344 e. The van der Waals surface area contributed by atoms with Gasteiger partial charge in [0.15, 0.2) is 0 Å². The van der Waals surface area contributed by atoms with Crippen LogP contribution in [0.4, 0.5) is 13.2 Å². The zero-order chi connectivity index (χ0) is 8.48. The molecule has 0 aliphatic heterocycles. The summed E-state index contributed by atoms with van der Waals surface area (Å²) < 4.78 is 36.1. The molecule has 4 heteroatoms. The summed E-state index contributed by atoms with van der Waals surface area (Å²) in [6.07, 6.45) is -4.22. The fraction of sp³-hybridized carbons (Fsp3) is 0.250. The summed E-state index contributed by atoms with van der Waals surface area (Å²) in [4.78, 5) is 0. The molecule has 0 spiro atoms. The van der Waals surface area contributed by atoms with E-state index < -0.39 is 11.7 Å². The summed E-state index contributed by atoms with van der Waals surface area (Å²) in [6, 6.07) is 5.50. The number of hydrogen-bond acceptors (Lipinski definition) is 1. The second-order valence-corrected chi connectivity index (χ2v) is 2.31. The van der Waals surface area contributed by atoms with E-state index in [9.17, 15) is 13.2 Å². The molecule has 1 nitrogen and oxygen atoms in total. The number of benzene rings is 1. The summed E-state index contributed by atoms with van der Waals surface area (Å²) >= 11 is 0. The predicted octanol–water partition coefficient (Wildman–Crippen LogP) is 3.18. The van der Waals surface area contributed by atoms with Crippen LogP contribution >= 0.6 is 0 Å². The first-order valence-corrected chi connectivity index (χ1v) is 3.14. The molecule has 1 rings (SSSR count). The Hall–Kier alpha value is -1.03. The van der Waals surface area contributed by atoms with Gasteiger partial charge < -0.3 is 6.15 Å².